The molecule has 1 heterocycles. The molecular weight excluding hydrogens is 238 g/mol. The van der Waals surface area contributed by atoms with Crippen LogP contribution in [-0.2, 0) is 13.0 Å². The Balaban J connectivity index is 2.35. The van der Waals surface area contributed by atoms with Gasteiger partial charge in [-0.3, -0.25) is 0 Å². The average molecular weight is 257 g/mol. The molecule has 0 aliphatic carbocycles. The van der Waals surface area contributed by atoms with Crippen LogP contribution in [0.1, 0.15) is 40.5 Å². The molecule has 100 valence electrons. The Labute approximate surface area is 113 Å². The Morgan fingerprint density at radius 2 is 2.00 bits per heavy atom. The first-order chi connectivity index (χ1) is 9.13. The van der Waals surface area contributed by atoms with Crippen molar-refractivity contribution in [2.24, 2.45) is 0 Å². The average Bonchev–Trinajstić information content (AvgIpc) is 2.76. The predicted octanol–water partition coefficient (Wildman–Crippen LogP) is 3.50. The molecule has 0 spiro atoms. The lowest BCUT2D eigenvalue weighted by Crippen LogP contribution is -2.08. The van der Waals surface area contributed by atoms with E-state index in [-0.39, 0.29) is 0 Å². The summed E-state index contributed by atoms with van der Waals surface area (Å²) in [5, 5.41) is 9.21. The van der Waals surface area contributed by atoms with Gasteiger partial charge in [-0.1, -0.05) is 37.6 Å². The van der Waals surface area contributed by atoms with Crippen LogP contribution < -0.4 is 0 Å². The summed E-state index contributed by atoms with van der Waals surface area (Å²) in [5.41, 5.74) is 3.80. The number of carboxylic acids is 1. The lowest BCUT2D eigenvalue weighted by molar-refractivity contribution is 0.0695. The van der Waals surface area contributed by atoms with Gasteiger partial charge < -0.3 is 9.67 Å². The van der Waals surface area contributed by atoms with Crippen molar-refractivity contribution in [3.05, 3.63) is 58.9 Å². The predicted molar refractivity (Wildman–Crippen MR) is 75.7 cm³/mol. The van der Waals surface area contributed by atoms with Crippen molar-refractivity contribution in [1.82, 2.24) is 4.57 Å². The van der Waals surface area contributed by atoms with Crippen LogP contribution in [0, 0.1) is 6.92 Å². The quantitative estimate of drug-likeness (QED) is 0.890. The van der Waals surface area contributed by atoms with Crippen molar-refractivity contribution in [3.8, 4) is 0 Å². The third kappa shape index (κ3) is 2.87. The SMILES string of the molecule is CCCc1c(C(=O)O)ccn1Cc1ccccc1C. The van der Waals surface area contributed by atoms with Crippen LogP contribution in [0.3, 0.4) is 0 Å². The van der Waals surface area contributed by atoms with E-state index in [4.69, 9.17) is 0 Å². The Bertz CT molecular complexity index is 584. The molecule has 0 atom stereocenters. The monoisotopic (exact) mass is 257 g/mol. The van der Waals surface area contributed by atoms with Crippen LogP contribution in [0.25, 0.3) is 0 Å². The summed E-state index contributed by atoms with van der Waals surface area (Å²) in [5.74, 6) is -0.841. The van der Waals surface area contributed by atoms with Crippen LogP contribution in [0.2, 0.25) is 0 Å². The van der Waals surface area contributed by atoms with E-state index in [0.717, 1.165) is 25.1 Å². The Kier molecular flexibility index (Phi) is 4.05. The second-order valence-corrected chi connectivity index (χ2v) is 4.79. The van der Waals surface area contributed by atoms with Gasteiger partial charge in [0.2, 0.25) is 0 Å². The van der Waals surface area contributed by atoms with Crippen molar-refractivity contribution in [2.45, 2.75) is 33.2 Å². The van der Waals surface area contributed by atoms with Crippen LogP contribution in [0.4, 0.5) is 0 Å². The highest BCUT2D eigenvalue weighted by atomic mass is 16.4. The summed E-state index contributed by atoms with van der Waals surface area (Å²) >= 11 is 0. The summed E-state index contributed by atoms with van der Waals surface area (Å²) < 4.78 is 2.05. The maximum atomic E-state index is 11.2. The number of rotatable bonds is 5. The molecule has 0 bridgehead atoms. The zero-order chi connectivity index (χ0) is 13.8. The molecule has 3 nitrogen and oxygen atoms in total. The number of hydrogen-bond acceptors (Lipinski definition) is 1. The standard InChI is InChI=1S/C16H19NO2/c1-3-6-15-14(16(18)19)9-10-17(15)11-13-8-5-4-7-12(13)2/h4-5,7-10H,3,6,11H2,1-2H3,(H,18,19). The number of carboxylic acid groups (broad SMARTS) is 1. The van der Waals surface area contributed by atoms with E-state index < -0.39 is 5.97 Å². The third-order valence-electron chi connectivity index (χ3n) is 3.40. The van der Waals surface area contributed by atoms with Crippen LogP contribution in [-0.4, -0.2) is 15.6 Å². The van der Waals surface area contributed by atoms with E-state index in [9.17, 15) is 9.90 Å². The Morgan fingerprint density at radius 3 is 2.63 bits per heavy atom. The Hall–Kier alpha value is -2.03. The van der Waals surface area contributed by atoms with Crippen molar-refractivity contribution >= 4 is 5.97 Å². The molecule has 1 aromatic heterocycles. The van der Waals surface area contributed by atoms with Crippen LogP contribution in [0.15, 0.2) is 36.5 Å². The highest BCUT2D eigenvalue weighted by molar-refractivity contribution is 5.89. The van der Waals surface area contributed by atoms with Crippen molar-refractivity contribution in [3.63, 3.8) is 0 Å². The molecule has 2 aromatic rings. The van der Waals surface area contributed by atoms with Gasteiger partial charge in [-0.15, -0.1) is 0 Å². The molecule has 0 unspecified atom stereocenters. The molecule has 0 amide bonds. The second-order valence-electron chi connectivity index (χ2n) is 4.79. The van der Waals surface area contributed by atoms with Gasteiger partial charge in [0.25, 0.3) is 0 Å². The molecule has 3 heteroatoms. The third-order valence-corrected chi connectivity index (χ3v) is 3.40. The molecule has 19 heavy (non-hydrogen) atoms. The lowest BCUT2D eigenvalue weighted by atomic mass is 10.1. The second kappa shape index (κ2) is 5.74. The van der Waals surface area contributed by atoms with Gasteiger partial charge in [0.05, 0.1) is 5.56 Å². The van der Waals surface area contributed by atoms with Gasteiger partial charge >= 0.3 is 5.97 Å². The maximum Gasteiger partial charge on any atom is 0.337 e. The van der Waals surface area contributed by atoms with E-state index in [1.165, 1.54) is 11.1 Å². The minimum Gasteiger partial charge on any atom is -0.478 e. The number of carbonyl (C=O) groups is 1. The number of hydrogen-bond donors (Lipinski definition) is 1. The molecule has 0 saturated carbocycles. The summed E-state index contributed by atoms with van der Waals surface area (Å²) in [6, 6.07) is 9.90. The Morgan fingerprint density at radius 1 is 1.26 bits per heavy atom. The normalized spacial score (nSPS) is 10.6. The summed E-state index contributed by atoms with van der Waals surface area (Å²) in [6.45, 7) is 4.88. The first-order valence-electron chi connectivity index (χ1n) is 6.59. The van der Waals surface area contributed by atoms with Gasteiger partial charge in [0, 0.05) is 18.4 Å². The van der Waals surface area contributed by atoms with Gasteiger partial charge in [0.15, 0.2) is 0 Å². The molecule has 0 saturated heterocycles. The van der Waals surface area contributed by atoms with Gasteiger partial charge in [-0.25, -0.2) is 4.79 Å². The molecule has 2 rings (SSSR count). The van der Waals surface area contributed by atoms with Gasteiger partial charge in [0.1, 0.15) is 0 Å². The minimum absolute atomic E-state index is 0.426. The van der Waals surface area contributed by atoms with Gasteiger partial charge in [-0.2, -0.15) is 0 Å². The van der Waals surface area contributed by atoms with Crippen molar-refractivity contribution < 1.29 is 9.90 Å². The van der Waals surface area contributed by atoms with E-state index in [1.54, 1.807) is 6.07 Å². The summed E-state index contributed by atoms with van der Waals surface area (Å²) in [4.78, 5) is 11.2. The van der Waals surface area contributed by atoms with Gasteiger partial charge in [-0.05, 0) is 30.5 Å². The molecule has 0 aliphatic rings. The maximum absolute atomic E-state index is 11.2. The number of nitrogens with zero attached hydrogens (tertiary/aromatic N) is 1. The fourth-order valence-electron chi connectivity index (χ4n) is 2.33. The first kappa shape index (κ1) is 13.4. The molecule has 1 aromatic carbocycles. The largest absolute Gasteiger partial charge is 0.478 e. The molecule has 0 aliphatic heterocycles. The topological polar surface area (TPSA) is 42.2 Å². The minimum atomic E-state index is -0.841. The smallest absolute Gasteiger partial charge is 0.337 e. The van der Waals surface area contributed by atoms with E-state index in [1.807, 2.05) is 18.3 Å². The van der Waals surface area contributed by atoms with Crippen molar-refractivity contribution in [1.29, 1.82) is 0 Å². The fourth-order valence-corrected chi connectivity index (χ4v) is 2.33. The number of aromatic nitrogens is 1. The van der Waals surface area contributed by atoms with E-state index in [2.05, 4.69) is 30.5 Å². The molecule has 1 N–H and O–H groups in total. The van der Waals surface area contributed by atoms with Crippen molar-refractivity contribution in [2.75, 3.05) is 0 Å². The number of aromatic carboxylic acids is 1. The molecular formula is C16H19NO2. The lowest BCUT2D eigenvalue weighted by Gasteiger charge is -2.11. The molecule has 0 radical (unpaired) electrons. The summed E-state index contributed by atoms with van der Waals surface area (Å²) in [7, 11) is 0. The highest BCUT2D eigenvalue weighted by Crippen LogP contribution is 2.17. The fraction of sp³-hybridized carbons (Fsp3) is 0.312. The zero-order valence-electron chi connectivity index (χ0n) is 11.4. The first-order valence-corrected chi connectivity index (χ1v) is 6.59. The zero-order valence-corrected chi connectivity index (χ0v) is 11.4. The number of aryl methyl sites for hydroxylation is 1. The van der Waals surface area contributed by atoms with E-state index >= 15 is 0 Å². The summed E-state index contributed by atoms with van der Waals surface area (Å²) in [6.07, 6.45) is 3.61. The van der Waals surface area contributed by atoms with Crippen LogP contribution in [0.5, 0.6) is 0 Å². The van der Waals surface area contributed by atoms with E-state index in [0.29, 0.717) is 5.56 Å². The molecule has 0 fully saturated rings. The highest BCUT2D eigenvalue weighted by Gasteiger charge is 2.14. The number of benzene rings is 1. The van der Waals surface area contributed by atoms with Crippen LogP contribution >= 0.6 is 0 Å².